The second-order valence-electron chi connectivity index (χ2n) is 4.41. The second kappa shape index (κ2) is 6.34. The molecule has 2 aromatic rings. The van der Waals surface area contributed by atoms with E-state index in [1.54, 1.807) is 12.1 Å². The third kappa shape index (κ3) is 3.96. The zero-order chi connectivity index (χ0) is 17.0. The molecule has 9 heteroatoms. The lowest BCUT2D eigenvalue weighted by Gasteiger charge is -2.11. The van der Waals surface area contributed by atoms with Crippen molar-refractivity contribution in [1.29, 1.82) is 0 Å². The number of nitro groups is 1. The van der Waals surface area contributed by atoms with E-state index in [2.05, 4.69) is 10.5 Å². The number of hydrazone groups is 1. The van der Waals surface area contributed by atoms with Gasteiger partial charge in [-0.25, -0.2) is 0 Å². The molecule has 0 fully saturated rings. The van der Waals surface area contributed by atoms with Crippen molar-refractivity contribution >= 4 is 17.6 Å². The van der Waals surface area contributed by atoms with Gasteiger partial charge in [0, 0.05) is 17.7 Å². The first kappa shape index (κ1) is 16.3. The molecule has 0 radical (unpaired) electrons. The summed E-state index contributed by atoms with van der Waals surface area (Å²) in [5.74, 6) is -0.0854. The molecule has 0 spiro atoms. The predicted octanol–water partition coefficient (Wildman–Crippen LogP) is 3.77. The average molecular weight is 325 g/mol. The van der Waals surface area contributed by atoms with E-state index < -0.39 is 28.0 Å². The van der Waals surface area contributed by atoms with Crippen LogP contribution in [0.4, 0.5) is 24.5 Å². The van der Waals surface area contributed by atoms with Crippen molar-refractivity contribution in [3.63, 3.8) is 0 Å². The summed E-state index contributed by atoms with van der Waals surface area (Å²) in [5, 5.41) is 23.7. The number of halogens is 3. The van der Waals surface area contributed by atoms with Gasteiger partial charge >= 0.3 is 6.18 Å². The van der Waals surface area contributed by atoms with Crippen LogP contribution in [0.15, 0.2) is 47.6 Å². The van der Waals surface area contributed by atoms with Crippen molar-refractivity contribution in [3.05, 3.63) is 63.7 Å². The molecule has 0 aliphatic rings. The molecule has 0 heterocycles. The number of nitro benzene ring substituents is 1. The van der Waals surface area contributed by atoms with Crippen LogP contribution in [0.3, 0.4) is 0 Å². The van der Waals surface area contributed by atoms with Gasteiger partial charge in [-0.3, -0.25) is 15.5 Å². The summed E-state index contributed by atoms with van der Waals surface area (Å²) >= 11 is 0. The number of para-hydroxylation sites is 1. The minimum Gasteiger partial charge on any atom is -0.507 e. The number of anilines is 1. The zero-order valence-electron chi connectivity index (χ0n) is 11.4. The highest BCUT2D eigenvalue weighted by molar-refractivity contribution is 5.83. The van der Waals surface area contributed by atoms with Crippen LogP contribution in [0.25, 0.3) is 0 Å². The van der Waals surface area contributed by atoms with Crippen LogP contribution in [0.2, 0.25) is 0 Å². The van der Waals surface area contributed by atoms with Gasteiger partial charge in [0.1, 0.15) is 5.75 Å². The van der Waals surface area contributed by atoms with Crippen molar-refractivity contribution < 1.29 is 23.2 Å². The maximum absolute atomic E-state index is 13.0. The van der Waals surface area contributed by atoms with E-state index in [4.69, 9.17) is 0 Å². The van der Waals surface area contributed by atoms with Crippen LogP contribution < -0.4 is 5.43 Å². The number of non-ortho nitro benzene ring substituents is 1. The van der Waals surface area contributed by atoms with Gasteiger partial charge in [-0.2, -0.15) is 18.3 Å². The number of alkyl halides is 3. The highest BCUT2D eigenvalue weighted by Gasteiger charge is 2.35. The molecular weight excluding hydrogens is 315 g/mol. The van der Waals surface area contributed by atoms with Crippen LogP contribution in [0, 0.1) is 10.1 Å². The lowest BCUT2D eigenvalue weighted by Crippen LogP contribution is -2.09. The van der Waals surface area contributed by atoms with Gasteiger partial charge < -0.3 is 5.11 Å². The van der Waals surface area contributed by atoms with E-state index in [9.17, 15) is 28.4 Å². The van der Waals surface area contributed by atoms with Gasteiger partial charge in [0.05, 0.1) is 22.4 Å². The Bertz CT molecular complexity index is 760. The molecule has 2 N–H and O–H groups in total. The fourth-order valence-electron chi connectivity index (χ4n) is 1.75. The third-order valence-corrected chi connectivity index (χ3v) is 2.84. The van der Waals surface area contributed by atoms with Crippen molar-refractivity contribution in [1.82, 2.24) is 0 Å². The van der Waals surface area contributed by atoms with Crippen molar-refractivity contribution in [3.8, 4) is 5.75 Å². The van der Waals surface area contributed by atoms with Gasteiger partial charge in [0.15, 0.2) is 0 Å². The number of hydrogen-bond acceptors (Lipinski definition) is 5. The Hall–Kier alpha value is -3.10. The lowest BCUT2D eigenvalue weighted by atomic mass is 10.1. The molecule has 23 heavy (non-hydrogen) atoms. The minimum atomic E-state index is -4.78. The molecule has 0 saturated heterocycles. The summed E-state index contributed by atoms with van der Waals surface area (Å²) in [6, 6.07) is 8.40. The third-order valence-electron chi connectivity index (χ3n) is 2.84. The van der Waals surface area contributed by atoms with Gasteiger partial charge in [0.25, 0.3) is 5.69 Å². The second-order valence-corrected chi connectivity index (χ2v) is 4.41. The Morgan fingerprint density at radius 3 is 2.52 bits per heavy atom. The number of nitrogens with one attached hydrogen (secondary N) is 1. The summed E-state index contributed by atoms with van der Waals surface area (Å²) in [7, 11) is 0. The summed E-state index contributed by atoms with van der Waals surface area (Å²) in [6.07, 6.45) is -3.64. The Kier molecular flexibility index (Phi) is 4.49. The SMILES string of the molecule is O=[N+]([O-])c1ccc(N/N=C/c2ccccc2O)c(C(F)(F)F)c1. The van der Waals surface area contributed by atoms with Crippen molar-refractivity contribution in [2.45, 2.75) is 6.18 Å². The highest BCUT2D eigenvalue weighted by Crippen LogP contribution is 2.37. The zero-order valence-corrected chi connectivity index (χ0v) is 11.4. The fourth-order valence-corrected chi connectivity index (χ4v) is 1.75. The molecule has 2 aromatic carbocycles. The molecule has 6 nitrogen and oxygen atoms in total. The molecule has 0 amide bonds. The van der Waals surface area contributed by atoms with E-state index >= 15 is 0 Å². The van der Waals surface area contributed by atoms with E-state index in [0.29, 0.717) is 11.6 Å². The van der Waals surface area contributed by atoms with Crippen molar-refractivity contribution in [2.24, 2.45) is 5.10 Å². The molecule has 0 saturated carbocycles. The number of hydrogen-bond donors (Lipinski definition) is 2. The van der Waals surface area contributed by atoms with E-state index in [1.165, 1.54) is 12.1 Å². The number of phenols is 1. The molecule has 0 unspecified atom stereocenters. The lowest BCUT2D eigenvalue weighted by molar-refractivity contribution is -0.385. The Balaban J connectivity index is 2.29. The van der Waals surface area contributed by atoms with Crippen LogP contribution in [-0.2, 0) is 6.18 Å². The Morgan fingerprint density at radius 2 is 1.91 bits per heavy atom. The molecule has 120 valence electrons. The molecule has 0 atom stereocenters. The van der Waals surface area contributed by atoms with Crippen LogP contribution in [0.5, 0.6) is 5.75 Å². The number of benzene rings is 2. The smallest absolute Gasteiger partial charge is 0.418 e. The quantitative estimate of drug-likeness (QED) is 0.509. The molecular formula is C14H10F3N3O3. The normalized spacial score (nSPS) is 11.6. The standard InChI is InChI=1S/C14H10F3N3O3/c15-14(16,17)11-7-10(20(22)23)5-6-12(11)19-18-8-9-3-1-2-4-13(9)21/h1-8,19,21H/b18-8+. The summed E-state index contributed by atoms with van der Waals surface area (Å²) in [5.41, 5.74) is 0.163. The summed E-state index contributed by atoms with van der Waals surface area (Å²) in [6.45, 7) is 0. The average Bonchev–Trinajstić information content (AvgIpc) is 2.48. The first-order chi connectivity index (χ1) is 10.8. The Morgan fingerprint density at radius 1 is 1.22 bits per heavy atom. The van der Waals surface area contributed by atoms with Crippen LogP contribution in [0.1, 0.15) is 11.1 Å². The minimum absolute atomic E-state index is 0.0854. The van der Waals surface area contributed by atoms with Gasteiger partial charge in [0.2, 0.25) is 0 Å². The molecule has 0 bridgehead atoms. The number of rotatable bonds is 4. The number of nitrogens with zero attached hydrogens (tertiary/aromatic N) is 2. The highest BCUT2D eigenvalue weighted by atomic mass is 19.4. The molecule has 0 aliphatic heterocycles. The van der Waals surface area contributed by atoms with E-state index in [1.807, 2.05) is 0 Å². The molecule has 0 aromatic heterocycles. The summed E-state index contributed by atoms with van der Waals surface area (Å²) in [4.78, 5) is 9.68. The van der Waals surface area contributed by atoms with Crippen LogP contribution in [-0.4, -0.2) is 16.2 Å². The van der Waals surface area contributed by atoms with Gasteiger partial charge in [-0.1, -0.05) is 12.1 Å². The van der Waals surface area contributed by atoms with Crippen molar-refractivity contribution in [2.75, 3.05) is 5.43 Å². The van der Waals surface area contributed by atoms with E-state index in [0.717, 1.165) is 18.3 Å². The molecule has 0 aliphatic carbocycles. The van der Waals surface area contributed by atoms with Gasteiger partial charge in [-0.15, -0.1) is 0 Å². The number of phenolic OH excluding ortho intramolecular Hbond substituents is 1. The largest absolute Gasteiger partial charge is 0.507 e. The summed E-state index contributed by atoms with van der Waals surface area (Å²) < 4.78 is 38.9. The maximum Gasteiger partial charge on any atom is 0.418 e. The molecule has 2 rings (SSSR count). The monoisotopic (exact) mass is 325 g/mol. The fraction of sp³-hybridized carbons (Fsp3) is 0.0714. The number of aromatic hydroxyl groups is 1. The van der Waals surface area contributed by atoms with E-state index in [-0.39, 0.29) is 5.75 Å². The first-order valence-corrected chi connectivity index (χ1v) is 6.22. The first-order valence-electron chi connectivity index (χ1n) is 6.22. The Labute approximate surface area is 128 Å². The van der Waals surface area contributed by atoms with Gasteiger partial charge in [-0.05, 0) is 18.2 Å². The predicted molar refractivity (Wildman–Crippen MR) is 77.4 cm³/mol. The topological polar surface area (TPSA) is 87.8 Å². The maximum atomic E-state index is 13.0. The van der Waals surface area contributed by atoms with Crippen LogP contribution >= 0.6 is 0 Å².